The largest absolute Gasteiger partial charge is 0.508 e. The lowest BCUT2D eigenvalue weighted by Crippen LogP contribution is -2.26. The molecule has 1 saturated heterocycles. The van der Waals surface area contributed by atoms with E-state index in [-0.39, 0.29) is 16.9 Å². The molecule has 1 fully saturated rings. The molecule has 3 aromatic rings. The maximum absolute atomic E-state index is 12.5. The van der Waals surface area contributed by atoms with E-state index in [0.717, 1.165) is 36.3 Å². The molecule has 1 unspecified atom stereocenters. The highest BCUT2D eigenvalue weighted by molar-refractivity contribution is 7.99. The molecule has 1 aliphatic rings. The highest BCUT2D eigenvalue weighted by Crippen LogP contribution is 2.39. The van der Waals surface area contributed by atoms with Crippen molar-refractivity contribution in [1.29, 1.82) is 0 Å². The highest BCUT2D eigenvalue weighted by atomic mass is 32.2. The number of benzene rings is 2. The number of nitrogens with one attached hydrogen (secondary N) is 1. The Morgan fingerprint density at radius 1 is 1.12 bits per heavy atom. The number of aromatic nitrogens is 2. The molecule has 0 spiro atoms. The van der Waals surface area contributed by atoms with E-state index in [0.29, 0.717) is 23.9 Å². The first kappa shape index (κ1) is 24.3. The number of hydrogen-bond donors (Lipinski definition) is 2. The predicted octanol–water partition coefficient (Wildman–Crippen LogP) is 4.89. The van der Waals surface area contributed by atoms with Crippen molar-refractivity contribution in [3.63, 3.8) is 0 Å². The minimum absolute atomic E-state index is 0.0714. The van der Waals surface area contributed by atoms with Crippen molar-refractivity contribution in [2.75, 3.05) is 31.9 Å². The smallest absolute Gasteiger partial charge is 0.251 e. The molecular weight excluding hydrogens is 448 g/mol. The first-order chi connectivity index (χ1) is 16.7. The van der Waals surface area contributed by atoms with Gasteiger partial charge in [0, 0.05) is 23.2 Å². The zero-order valence-corrected chi connectivity index (χ0v) is 20.4. The van der Waals surface area contributed by atoms with E-state index in [4.69, 9.17) is 4.42 Å². The molecule has 0 radical (unpaired) electrons. The minimum atomic E-state index is -0.247. The summed E-state index contributed by atoms with van der Waals surface area (Å²) in [6.45, 7) is 6.29. The van der Waals surface area contributed by atoms with Gasteiger partial charge in [0.05, 0.1) is 0 Å². The van der Waals surface area contributed by atoms with E-state index in [9.17, 15) is 9.90 Å². The molecule has 0 saturated carbocycles. The number of unbranched alkanes of at least 4 members (excludes halogenated alkanes) is 1. The predicted molar refractivity (Wildman–Crippen MR) is 135 cm³/mol. The number of para-hydroxylation sites is 1. The topological polar surface area (TPSA) is 91.5 Å². The molecule has 7 nitrogen and oxygen atoms in total. The summed E-state index contributed by atoms with van der Waals surface area (Å²) < 4.78 is 5.97. The normalized spacial score (nSPS) is 14.9. The number of phenols is 1. The molecule has 4 rings (SSSR count). The highest BCUT2D eigenvalue weighted by Gasteiger charge is 2.24. The van der Waals surface area contributed by atoms with Crippen LogP contribution in [0.5, 0.6) is 5.75 Å². The van der Waals surface area contributed by atoms with Crippen molar-refractivity contribution >= 4 is 17.7 Å². The summed E-state index contributed by atoms with van der Waals surface area (Å²) in [5, 5.41) is 21.5. The maximum atomic E-state index is 12.5. The Balaban J connectivity index is 1.33. The standard InChI is InChI=1S/C26H32N4O3S/c1-2-34-23(21-9-3-4-10-22(21)31)26-29-28-25(33-26)20-13-11-19(12-14-20)24(32)27-15-5-6-16-30-17-7-8-18-30/h3-4,9-14,23,31H,2,5-8,15-18H2,1H3,(H,27,32). The number of hydrogen-bond acceptors (Lipinski definition) is 7. The number of amides is 1. The number of nitrogens with zero attached hydrogens (tertiary/aromatic N) is 3. The Hall–Kier alpha value is -2.84. The summed E-state index contributed by atoms with van der Waals surface area (Å²) in [6, 6.07) is 14.4. The van der Waals surface area contributed by atoms with E-state index in [1.54, 1.807) is 36.0 Å². The summed E-state index contributed by atoms with van der Waals surface area (Å²) in [7, 11) is 0. The van der Waals surface area contributed by atoms with Gasteiger partial charge in [-0.15, -0.1) is 22.0 Å². The Kier molecular flexibility index (Phi) is 8.60. The summed E-state index contributed by atoms with van der Waals surface area (Å²) in [6.07, 6.45) is 4.72. The van der Waals surface area contributed by atoms with E-state index in [2.05, 4.69) is 20.4 Å². The second-order valence-corrected chi connectivity index (χ2v) is 9.81. The first-order valence-corrected chi connectivity index (χ1v) is 13.0. The van der Waals surface area contributed by atoms with Crippen molar-refractivity contribution in [1.82, 2.24) is 20.4 Å². The Bertz CT molecular complexity index is 1060. The fourth-order valence-electron chi connectivity index (χ4n) is 4.16. The zero-order valence-electron chi connectivity index (χ0n) is 19.6. The lowest BCUT2D eigenvalue weighted by molar-refractivity contribution is 0.0952. The third kappa shape index (κ3) is 6.18. The second-order valence-electron chi connectivity index (χ2n) is 8.43. The molecule has 1 aliphatic heterocycles. The van der Waals surface area contributed by atoms with Crippen LogP contribution in [0.2, 0.25) is 0 Å². The molecular formula is C26H32N4O3S. The van der Waals surface area contributed by atoms with E-state index in [1.807, 2.05) is 31.2 Å². The number of carbonyl (C=O) groups excluding carboxylic acids is 1. The van der Waals surface area contributed by atoms with Crippen LogP contribution in [0.15, 0.2) is 52.9 Å². The SMILES string of the molecule is CCSC(c1nnc(-c2ccc(C(=O)NCCCCN3CCCC3)cc2)o1)c1ccccc1O. The molecule has 0 bridgehead atoms. The van der Waals surface area contributed by atoms with Gasteiger partial charge in [-0.05, 0) is 81.4 Å². The average molecular weight is 481 g/mol. The second kappa shape index (κ2) is 12.0. The molecule has 1 aromatic heterocycles. The summed E-state index contributed by atoms with van der Waals surface area (Å²) in [5.74, 6) is 1.80. The Labute approximate surface area is 205 Å². The molecule has 0 aliphatic carbocycles. The van der Waals surface area contributed by atoms with Crippen LogP contribution in [-0.2, 0) is 0 Å². The number of aromatic hydroxyl groups is 1. The van der Waals surface area contributed by atoms with Crippen LogP contribution in [0.4, 0.5) is 0 Å². The van der Waals surface area contributed by atoms with Crippen molar-refractivity contribution in [3.05, 3.63) is 65.5 Å². The Morgan fingerprint density at radius 2 is 1.88 bits per heavy atom. The molecule has 8 heteroatoms. The third-order valence-corrected chi connectivity index (χ3v) is 7.12. The van der Waals surface area contributed by atoms with Crippen LogP contribution in [-0.4, -0.2) is 58.0 Å². The van der Waals surface area contributed by atoms with E-state index < -0.39 is 0 Å². The summed E-state index contributed by atoms with van der Waals surface area (Å²) >= 11 is 1.62. The lowest BCUT2D eigenvalue weighted by Gasteiger charge is -2.14. The van der Waals surface area contributed by atoms with Crippen LogP contribution >= 0.6 is 11.8 Å². The van der Waals surface area contributed by atoms with Gasteiger partial charge in [0.1, 0.15) is 11.0 Å². The van der Waals surface area contributed by atoms with Crippen molar-refractivity contribution in [3.8, 4) is 17.2 Å². The lowest BCUT2D eigenvalue weighted by atomic mass is 10.1. The van der Waals surface area contributed by atoms with Gasteiger partial charge in [0.15, 0.2) is 0 Å². The molecule has 2 N–H and O–H groups in total. The van der Waals surface area contributed by atoms with Crippen LogP contribution in [0.25, 0.3) is 11.5 Å². The van der Waals surface area contributed by atoms with Gasteiger partial charge in [-0.1, -0.05) is 25.1 Å². The zero-order chi connectivity index (χ0) is 23.8. The van der Waals surface area contributed by atoms with Crippen molar-refractivity contribution in [2.45, 2.75) is 37.9 Å². The van der Waals surface area contributed by atoms with Crippen molar-refractivity contribution < 1.29 is 14.3 Å². The van der Waals surface area contributed by atoms with Crippen LogP contribution in [0.1, 0.15) is 59.7 Å². The van der Waals surface area contributed by atoms with Gasteiger partial charge in [-0.25, -0.2) is 0 Å². The van der Waals surface area contributed by atoms with E-state index >= 15 is 0 Å². The van der Waals surface area contributed by atoms with Gasteiger partial charge >= 0.3 is 0 Å². The number of carbonyl (C=O) groups is 1. The maximum Gasteiger partial charge on any atom is 0.251 e. The number of likely N-dealkylation sites (tertiary alicyclic amines) is 1. The van der Waals surface area contributed by atoms with Crippen LogP contribution in [0, 0.1) is 0 Å². The third-order valence-electron chi connectivity index (χ3n) is 6.00. The van der Waals surface area contributed by atoms with Crippen LogP contribution < -0.4 is 5.32 Å². The number of rotatable bonds is 11. The van der Waals surface area contributed by atoms with Gasteiger partial charge in [-0.2, -0.15) is 0 Å². The van der Waals surface area contributed by atoms with Gasteiger partial charge in [0.2, 0.25) is 11.8 Å². The monoisotopic (exact) mass is 480 g/mol. The van der Waals surface area contributed by atoms with Gasteiger partial charge in [-0.3, -0.25) is 4.79 Å². The summed E-state index contributed by atoms with van der Waals surface area (Å²) in [4.78, 5) is 15.0. The number of phenolic OH excluding ortho intramolecular Hbond substituents is 1. The molecule has 180 valence electrons. The molecule has 34 heavy (non-hydrogen) atoms. The minimum Gasteiger partial charge on any atom is -0.508 e. The fourth-order valence-corrected chi connectivity index (χ4v) is 5.11. The average Bonchev–Trinajstić information content (AvgIpc) is 3.56. The molecule has 1 atom stereocenters. The van der Waals surface area contributed by atoms with Crippen molar-refractivity contribution in [2.24, 2.45) is 0 Å². The molecule has 2 aromatic carbocycles. The quantitative estimate of drug-likeness (QED) is 0.378. The van der Waals surface area contributed by atoms with E-state index in [1.165, 1.54) is 25.9 Å². The molecule has 2 heterocycles. The Morgan fingerprint density at radius 3 is 2.62 bits per heavy atom. The van der Waals surface area contributed by atoms with Gasteiger partial charge < -0.3 is 19.7 Å². The number of thioether (sulfide) groups is 1. The van der Waals surface area contributed by atoms with Crippen LogP contribution in [0.3, 0.4) is 0 Å². The molecule has 1 amide bonds. The fraction of sp³-hybridized carbons (Fsp3) is 0.423. The summed E-state index contributed by atoms with van der Waals surface area (Å²) in [5.41, 5.74) is 2.10. The first-order valence-electron chi connectivity index (χ1n) is 12.0. The van der Waals surface area contributed by atoms with Gasteiger partial charge in [0.25, 0.3) is 5.91 Å².